The fraction of sp³-hybridized carbons (Fsp3) is 0.385. The summed E-state index contributed by atoms with van der Waals surface area (Å²) in [5.41, 5.74) is 0.573. The van der Waals surface area contributed by atoms with Gasteiger partial charge in [-0.3, -0.25) is 4.79 Å². The van der Waals surface area contributed by atoms with E-state index in [1.54, 1.807) is 6.07 Å². The van der Waals surface area contributed by atoms with E-state index in [9.17, 15) is 9.18 Å². The molecule has 0 aromatic heterocycles. The molecule has 2 N–H and O–H groups in total. The van der Waals surface area contributed by atoms with E-state index in [4.69, 9.17) is 5.26 Å². The summed E-state index contributed by atoms with van der Waals surface area (Å²) < 4.78 is 13.2. The minimum absolute atomic E-state index is 0.0194. The van der Waals surface area contributed by atoms with Gasteiger partial charge in [0.15, 0.2) is 0 Å². The van der Waals surface area contributed by atoms with Crippen molar-refractivity contribution in [2.75, 3.05) is 11.9 Å². The van der Waals surface area contributed by atoms with Crippen molar-refractivity contribution in [1.82, 2.24) is 5.32 Å². The molecule has 1 heterocycles. The SMILES string of the molecule is N#Cc1cc(NC2CCCCNC2=O)ccc1F. The molecule has 1 amide bonds. The average molecular weight is 247 g/mol. The number of nitrogens with zero attached hydrogens (tertiary/aromatic N) is 1. The number of rotatable bonds is 2. The monoisotopic (exact) mass is 247 g/mol. The largest absolute Gasteiger partial charge is 0.374 e. The predicted octanol–water partition coefficient (Wildman–Crippen LogP) is 1.78. The van der Waals surface area contributed by atoms with Gasteiger partial charge in [0.05, 0.1) is 5.56 Å². The molecule has 0 saturated carbocycles. The standard InChI is InChI=1S/C13H14FN3O/c14-11-5-4-10(7-9(11)8-15)17-12-3-1-2-6-16-13(12)18/h4-5,7,12,17H,1-3,6H2,(H,16,18). The second-order valence-corrected chi connectivity index (χ2v) is 4.29. The van der Waals surface area contributed by atoms with Crippen molar-refractivity contribution >= 4 is 11.6 Å². The van der Waals surface area contributed by atoms with Crippen LogP contribution in [0.2, 0.25) is 0 Å². The summed E-state index contributed by atoms with van der Waals surface area (Å²) in [5.74, 6) is -0.594. The summed E-state index contributed by atoms with van der Waals surface area (Å²) in [6.45, 7) is 0.698. The lowest BCUT2D eigenvalue weighted by molar-refractivity contribution is -0.121. The van der Waals surface area contributed by atoms with Crippen molar-refractivity contribution in [3.05, 3.63) is 29.6 Å². The van der Waals surface area contributed by atoms with Crippen molar-refractivity contribution in [2.45, 2.75) is 25.3 Å². The highest BCUT2D eigenvalue weighted by molar-refractivity contribution is 5.84. The van der Waals surface area contributed by atoms with E-state index in [2.05, 4.69) is 10.6 Å². The third-order valence-corrected chi connectivity index (χ3v) is 2.96. The van der Waals surface area contributed by atoms with E-state index >= 15 is 0 Å². The van der Waals surface area contributed by atoms with Crippen LogP contribution in [0.4, 0.5) is 10.1 Å². The molecular weight excluding hydrogens is 233 g/mol. The fourth-order valence-electron chi connectivity index (χ4n) is 1.98. The molecule has 1 unspecified atom stereocenters. The van der Waals surface area contributed by atoms with E-state index in [1.165, 1.54) is 18.2 Å². The van der Waals surface area contributed by atoms with Gasteiger partial charge >= 0.3 is 0 Å². The number of carbonyl (C=O) groups excluding carboxylic acids is 1. The van der Waals surface area contributed by atoms with Crippen molar-refractivity contribution in [3.63, 3.8) is 0 Å². The lowest BCUT2D eigenvalue weighted by Gasteiger charge is -2.16. The predicted molar refractivity (Wildman–Crippen MR) is 65.4 cm³/mol. The van der Waals surface area contributed by atoms with Crippen molar-refractivity contribution in [1.29, 1.82) is 5.26 Å². The Bertz CT molecular complexity index is 495. The molecule has 5 heteroatoms. The van der Waals surface area contributed by atoms with Crippen LogP contribution in [-0.4, -0.2) is 18.5 Å². The first-order chi connectivity index (χ1) is 8.70. The summed E-state index contributed by atoms with van der Waals surface area (Å²) in [5, 5.41) is 14.6. The molecule has 1 atom stereocenters. The van der Waals surface area contributed by atoms with E-state index in [-0.39, 0.29) is 17.5 Å². The second-order valence-electron chi connectivity index (χ2n) is 4.29. The molecule has 1 aliphatic rings. The van der Waals surface area contributed by atoms with Gasteiger partial charge in [0.1, 0.15) is 17.9 Å². The van der Waals surface area contributed by atoms with Gasteiger partial charge in [0, 0.05) is 12.2 Å². The third-order valence-electron chi connectivity index (χ3n) is 2.96. The van der Waals surface area contributed by atoms with Crippen LogP contribution in [0.25, 0.3) is 0 Å². The van der Waals surface area contributed by atoms with E-state index < -0.39 is 5.82 Å². The maximum absolute atomic E-state index is 13.2. The minimum atomic E-state index is -0.548. The van der Waals surface area contributed by atoms with Crippen LogP contribution in [0, 0.1) is 17.1 Å². The number of anilines is 1. The molecule has 0 aliphatic carbocycles. The maximum atomic E-state index is 13.2. The highest BCUT2D eigenvalue weighted by atomic mass is 19.1. The molecule has 0 spiro atoms. The van der Waals surface area contributed by atoms with E-state index in [1.807, 2.05) is 0 Å². The molecule has 4 nitrogen and oxygen atoms in total. The Morgan fingerprint density at radius 2 is 2.28 bits per heavy atom. The molecule has 18 heavy (non-hydrogen) atoms. The van der Waals surface area contributed by atoms with Crippen LogP contribution in [0.15, 0.2) is 18.2 Å². The molecule has 1 aromatic rings. The van der Waals surface area contributed by atoms with Crippen LogP contribution >= 0.6 is 0 Å². The molecule has 1 saturated heterocycles. The lowest BCUT2D eigenvalue weighted by atomic mass is 10.1. The first-order valence-electron chi connectivity index (χ1n) is 5.94. The van der Waals surface area contributed by atoms with Crippen LogP contribution in [0.3, 0.4) is 0 Å². The van der Waals surface area contributed by atoms with E-state index in [0.29, 0.717) is 12.2 Å². The highest BCUT2D eigenvalue weighted by Crippen LogP contribution is 2.17. The Morgan fingerprint density at radius 1 is 1.44 bits per heavy atom. The first-order valence-corrected chi connectivity index (χ1v) is 5.94. The number of nitriles is 1. The average Bonchev–Trinajstić information content (AvgIpc) is 2.57. The van der Waals surface area contributed by atoms with Crippen LogP contribution < -0.4 is 10.6 Å². The molecule has 1 aliphatic heterocycles. The number of nitrogens with one attached hydrogen (secondary N) is 2. The molecule has 94 valence electrons. The Balaban J connectivity index is 2.13. The zero-order chi connectivity index (χ0) is 13.0. The van der Waals surface area contributed by atoms with Gasteiger partial charge in [-0.1, -0.05) is 0 Å². The number of carbonyl (C=O) groups is 1. The van der Waals surface area contributed by atoms with Gasteiger partial charge in [0.2, 0.25) is 5.91 Å². The highest BCUT2D eigenvalue weighted by Gasteiger charge is 2.20. The summed E-state index contributed by atoms with van der Waals surface area (Å²) in [6.07, 6.45) is 2.67. The maximum Gasteiger partial charge on any atom is 0.242 e. The molecule has 1 fully saturated rings. The third kappa shape index (κ3) is 2.77. The zero-order valence-corrected chi connectivity index (χ0v) is 9.87. The fourth-order valence-corrected chi connectivity index (χ4v) is 1.98. The van der Waals surface area contributed by atoms with Crippen LogP contribution in [0.1, 0.15) is 24.8 Å². The molecule has 0 radical (unpaired) electrons. The van der Waals surface area contributed by atoms with Crippen molar-refractivity contribution in [2.24, 2.45) is 0 Å². The van der Waals surface area contributed by atoms with Crippen molar-refractivity contribution in [3.8, 4) is 6.07 Å². The molecule has 0 bridgehead atoms. The Hall–Kier alpha value is -2.09. The van der Waals surface area contributed by atoms with Crippen LogP contribution in [0.5, 0.6) is 0 Å². The smallest absolute Gasteiger partial charge is 0.242 e. The topological polar surface area (TPSA) is 64.9 Å². The normalized spacial score (nSPS) is 19.6. The van der Waals surface area contributed by atoms with E-state index in [0.717, 1.165) is 19.3 Å². The van der Waals surface area contributed by atoms with Gasteiger partial charge in [-0.15, -0.1) is 0 Å². The number of amides is 1. The van der Waals surface area contributed by atoms with Gasteiger partial charge in [-0.25, -0.2) is 4.39 Å². The van der Waals surface area contributed by atoms with Gasteiger partial charge in [0.25, 0.3) is 0 Å². The first kappa shape index (κ1) is 12.4. The van der Waals surface area contributed by atoms with Gasteiger partial charge in [-0.05, 0) is 37.5 Å². The number of benzene rings is 1. The van der Waals surface area contributed by atoms with Gasteiger partial charge < -0.3 is 10.6 Å². The quantitative estimate of drug-likeness (QED) is 0.837. The molecular formula is C13H14FN3O. The Labute approximate surface area is 105 Å². The summed E-state index contributed by atoms with van der Waals surface area (Å²) >= 11 is 0. The summed E-state index contributed by atoms with van der Waals surface area (Å²) in [7, 11) is 0. The Morgan fingerprint density at radius 3 is 3.06 bits per heavy atom. The molecule has 2 rings (SSSR count). The minimum Gasteiger partial charge on any atom is -0.374 e. The zero-order valence-electron chi connectivity index (χ0n) is 9.87. The number of halogens is 1. The number of hydrogen-bond acceptors (Lipinski definition) is 3. The summed E-state index contributed by atoms with van der Waals surface area (Å²) in [4.78, 5) is 11.7. The molecule has 1 aromatic carbocycles. The second kappa shape index (κ2) is 5.50. The lowest BCUT2D eigenvalue weighted by Crippen LogP contribution is -2.37. The number of hydrogen-bond donors (Lipinski definition) is 2. The van der Waals surface area contributed by atoms with Crippen molar-refractivity contribution < 1.29 is 9.18 Å². The van der Waals surface area contributed by atoms with Crippen LogP contribution in [-0.2, 0) is 4.79 Å². The summed E-state index contributed by atoms with van der Waals surface area (Å²) in [6, 6.07) is 5.66. The Kier molecular flexibility index (Phi) is 3.78. The van der Waals surface area contributed by atoms with Gasteiger partial charge in [-0.2, -0.15) is 5.26 Å².